The molecule has 0 aliphatic carbocycles. The van der Waals surface area contributed by atoms with E-state index in [1.54, 1.807) is 0 Å². The van der Waals surface area contributed by atoms with Gasteiger partial charge < -0.3 is 9.84 Å². The van der Waals surface area contributed by atoms with Crippen molar-refractivity contribution >= 4 is 0 Å². The first-order chi connectivity index (χ1) is 8.07. The summed E-state index contributed by atoms with van der Waals surface area (Å²) in [6, 6.07) is 6.18. The Morgan fingerprint density at radius 2 is 1.67 bits per heavy atom. The summed E-state index contributed by atoms with van der Waals surface area (Å²) in [5.41, 5.74) is 1.63. The van der Waals surface area contributed by atoms with E-state index in [-0.39, 0.29) is 5.60 Å². The summed E-state index contributed by atoms with van der Waals surface area (Å²) in [6.45, 7) is 12.2. The maximum Gasteiger partial charge on any atom is 0.121 e. The Balaban J connectivity index is 2.51. The maximum absolute atomic E-state index is 11.1. The minimum Gasteiger partial charge on any atom is -0.382 e. The van der Waals surface area contributed by atoms with Crippen LogP contribution in [0.1, 0.15) is 50.8 Å². The first-order valence-corrected chi connectivity index (χ1v) is 6.58. The van der Waals surface area contributed by atoms with E-state index in [2.05, 4.69) is 26.0 Å². The summed E-state index contributed by atoms with van der Waals surface area (Å²) in [5, 5.41) is 11.1. The molecular formula is C16H24O2. The Kier molecular flexibility index (Phi) is 2.88. The number of aliphatic hydroxyl groups is 1. The second-order valence-corrected chi connectivity index (χ2v) is 6.71. The van der Waals surface area contributed by atoms with Crippen LogP contribution in [0.3, 0.4) is 0 Å². The molecule has 2 heteroatoms. The third-order valence-corrected chi connectivity index (χ3v) is 4.19. The normalized spacial score (nSPS) is 29.5. The zero-order valence-electron chi connectivity index (χ0n) is 12.3. The van der Waals surface area contributed by atoms with Gasteiger partial charge in [-0.2, -0.15) is 0 Å². The maximum atomic E-state index is 11.1. The highest BCUT2D eigenvalue weighted by Crippen LogP contribution is 2.50. The molecule has 100 valence electrons. The quantitative estimate of drug-likeness (QED) is 0.824. The van der Waals surface area contributed by atoms with Crippen molar-refractivity contribution in [2.75, 3.05) is 0 Å². The highest BCUT2D eigenvalue weighted by Gasteiger charge is 2.57. The first-order valence-electron chi connectivity index (χ1n) is 6.58. The number of ether oxygens (including phenoxy) is 1. The molecule has 0 amide bonds. The van der Waals surface area contributed by atoms with E-state index in [9.17, 15) is 5.11 Å². The zero-order chi connectivity index (χ0) is 13.8. The predicted octanol–water partition coefficient (Wildman–Crippen LogP) is 3.47. The molecule has 2 nitrogen and oxygen atoms in total. The Hall–Kier alpha value is -0.860. The highest BCUT2D eigenvalue weighted by molar-refractivity contribution is 5.36. The molecule has 1 aromatic rings. The number of hydrogen-bond acceptors (Lipinski definition) is 2. The molecule has 0 saturated carbocycles. The Morgan fingerprint density at radius 1 is 1.06 bits per heavy atom. The average molecular weight is 248 g/mol. The van der Waals surface area contributed by atoms with E-state index in [0.717, 1.165) is 5.56 Å². The second-order valence-electron chi connectivity index (χ2n) is 6.71. The van der Waals surface area contributed by atoms with Crippen molar-refractivity contribution in [1.29, 1.82) is 0 Å². The lowest BCUT2D eigenvalue weighted by molar-refractivity contribution is -0.129. The van der Waals surface area contributed by atoms with Gasteiger partial charge in [-0.15, -0.1) is 0 Å². The third-order valence-electron chi connectivity index (χ3n) is 4.19. The molecule has 1 fully saturated rings. The van der Waals surface area contributed by atoms with Crippen LogP contribution in [0.4, 0.5) is 0 Å². The van der Waals surface area contributed by atoms with Crippen molar-refractivity contribution in [2.24, 2.45) is 0 Å². The van der Waals surface area contributed by atoms with Crippen LogP contribution >= 0.6 is 0 Å². The van der Waals surface area contributed by atoms with Crippen LogP contribution in [0.2, 0.25) is 0 Å². The molecule has 0 radical (unpaired) electrons. The molecular weight excluding hydrogens is 224 g/mol. The SMILES string of the molecule is Cc1ccc(C2(O)CC(C)(C)OC2(C)C)cc1C. The molecule has 1 unspecified atom stereocenters. The van der Waals surface area contributed by atoms with Gasteiger partial charge in [0.05, 0.1) is 11.2 Å². The van der Waals surface area contributed by atoms with E-state index < -0.39 is 11.2 Å². The van der Waals surface area contributed by atoms with Gasteiger partial charge in [0.1, 0.15) is 5.60 Å². The minimum atomic E-state index is -0.922. The zero-order valence-corrected chi connectivity index (χ0v) is 12.3. The standard InChI is InChI=1S/C16H24O2/c1-11-7-8-13(9-12(11)2)16(17)10-14(3,4)18-15(16,5)6/h7-9,17H,10H2,1-6H3. The summed E-state index contributed by atoms with van der Waals surface area (Å²) in [5.74, 6) is 0. The van der Waals surface area contributed by atoms with Crippen LogP contribution in [0, 0.1) is 13.8 Å². The molecule has 1 saturated heterocycles. The van der Waals surface area contributed by atoms with E-state index in [1.807, 2.05) is 33.8 Å². The van der Waals surface area contributed by atoms with Crippen LogP contribution in [-0.4, -0.2) is 16.3 Å². The molecule has 2 rings (SSSR count). The topological polar surface area (TPSA) is 29.5 Å². The van der Waals surface area contributed by atoms with Crippen molar-refractivity contribution in [1.82, 2.24) is 0 Å². The summed E-state index contributed by atoms with van der Waals surface area (Å²) in [4.78, 5) is 0. The van der Waals surface area contributed by atoms with Gasteiger partial charge in [0.15, 0.2) is 0 Å². The lowest BCUT2D eigenvalue weighted by Gasteiger charge is -2.35. The number of hydrogen-bond donors (Lipinski definition) is 1. The van der Waals surface area contributed by atoms with Crippen molar-refractivity contribution < 1.29 is 9.84 Å². The summed E-state index contributed by atoms with van der Waals surface area (Å²) in [6.07, 6.45) is 0.621. The predicted molar refractivity (Wildman–Crippen MR) is 73.7 cm³/mol. The van der Waals surface area contributed by atoms with Crippen LogP contribution in [0.15, 0.2) is 18.2 Å². The molecule has 1 aromatic carbocycles. The fraction of sp³-hybridized carbons (Fsp3) is 0.625. The molecule has 1 heterocycles. The van der Waals surface area contributed by atoms with Gasteiger partial charge in [-0.25, -0.2) is 0 Å². The van der Waals surface area contributed by atoms with Crippen LogP contribution in [0.25, 0.3) is 0 Å². The largest absolute Gasteiger partial charge is 0.382 e. The van der Waals surface area contributed by atoms with Gasteiger partial charge in [0, 0.05) is 6.42 Å². The fourth-order valence-electron chi connectivity index (χ4n) is 3.09. The molecule has 0 spiro atoms. The van der Waals surface area contributed by atoms with E-state index in [4.69, 9.17) is 4.74 Å². The number of rotatable bonds is 1. The third kappa shape index (κ3) is 1.98. The van der Waals surface area contributed by atoms with Crippen molar-refractivity contribution in [3.05, 3.63) is 34.9 Å². The molecule has 1 aliphatic rings. The Morgan fingerprint density at radius 3 is 2.11 bits per heavy atom. The summed E-state index contributed by atoms with van der Waals surface area (Å²) in [7, 11) is 0. The van der Waals surface area contributed by atoms with Crippen molar-refractivity contribution in [3.63, 3.8) is 0 Å². The van der Waals surface area contributed by atoms with Gasteiger partial charge in [-0.05, 0) is 58.2 Å². The van der Waals surface area contributed by atoms with Gasteiger partial charge in [0.2, 0.25) is 0 Å². The van der Waals surface area contributed by atoms with E-state index in [0.29, 0.717) is 6.42 Å². The number of aryl methyl sites for hydroxylation is 2. The monoisotopic (exact) mass is 248 g/mol. The second kappa shape index (κ2) is 3.82. The molecule has 0 bridgehead atoms. The molecule has 1 aliphatic heterocycles. The van der Waals surface area contributed by atoms with Crippen molar-refractivity contribution in [2.45, 2.75) is 64.8 Å². The smallest absolute Gasteiger partial charge is 0.121 e. The lowest BCUT2D eigenvalue weighted by atomic mass is 9.76. The summed E-state index contributed by atoms with van der Waals surface area (Å²) < 4.78 is 6.03. The Bertz CT molecular complexity index is 474. The van der Waals surface area contributed by atoms with Crippen LogP contribution < -0.4 is 0 Å². The van der Waals surface area contributed by atoms with Gasteiger partial charge in [0.25, 0.3) is 0 Å². The van der Waals surface area contributed by atoms with Gasteiger partial charge in [-0.3, -0.25) is 0 Å². The molecule has 18 heavy (non-hydrogen) atoms. The van der Waals surface area contributed by atoms with E-state index >= 15 is 0 Å². The van der Waals surface area contributed by atoms with Crippen LogP contribution in [-0.2, 0) is 10.3 Å². The number of benzene rings is 1. The summed E-state index contributed by atoms with van der Waals surface area (Å²) >= 11 is 0. The molecule has 1 atom stereocenters. The van der Waals surface area contributed by atoms with Gasteiger partial charge in [-0.1, -0.05) is 18.2 Å². The van der Waals surface area contributed by atoms with Crippen molar-refractivity contribution in [3.8, 4) is 0 Å². The fourth-order valence-corrected chi connectivity index (χ4v) is 3.09. The van der Waals surface area contributed by atoms with Gasteiger partial charge >= 0.3 is 0 Å². The average Bonchev–Trinajstić information content (AvgIpc) is 2.36. The first kappa shape index (κ1) is 13.6. The molecule has 1 N–H and O–H groups in total. The Labute approximate surface area is 110 Å². The van der Waals surface area contributed by atoms with E-state index in [1.165, 1.54) is 11.1 Å². The highest BCUT2D eigenvalue weighted by atomic mass is 16.5. The minimum absolute atomic E-state index is 0.295. The molecule has 0 aromatic heterocycles. The van der Waals surface area contributed by atoms with Crippen LogP contribution in [0.5, 0.6) is 0 Å². The lowest BCUT2D eigenvalue weighted by Crippen LogP contribution is -2.43.